The van der Waals surface area contributed by atoms with E-state index in [1.807, 2.05) is 49.7 Å². The van der Waals surface area contributed by atoms with Crippen molar-refractivity contribution in [3.8, 4) is 22.6 Å². The summed E-state index contributed by atoms with van der Waals surface area (Å²) in [6.07, 6.45) is 11.1. The van der Waals surface area contributed by atoms with Crippen molar-refractivity contribution in [2.24, 2.45) is 18.4 Å². The van der Waals surface area contributed by atoms with Gasteiger partial charge in [0.25, 0.3) is 5.56 Å². The Morgan fingerprint density at radius 3 is 2.22 bits per heavy atom. The van der Waals surface area contributed by atoms with E-state index in [1.54, 1.807) is 32.0 Å². The zero-order chi connectivity index (χ0) is 36.2. The molecular weight excluding hydrogens is 643 g/mol. The number of nitrogens with zero attached hydrogens (tertiary/aromatic N) is 5. The van der Waals surface area contributed by atoms with Crippen LogP contribution in [0.4, 0.5) is 5.82 Å². The summed E-state index contributed by atoms with van der Waals surface area (Å²) in [5.74, 6) is 1.66. The minimum atomic E-state index is -0.244. The van der Waals surface area contributed by atoms with E-state index in [9.17, 15) is 19.2 Å². The van der Waals surface area contributed by atoms with Crippen molar-refractivity contribution in [1.29, 1.82) is 0 Å². The number of carbonyl (C=O) groups excluding carboxylic acids is 3. The number of rotatable bonds is 10. The van der Waals surface area contributed by atoms with Crippen LogP contribution in [0.3, 0.4) is 0 Å². The molecule has 1 saturated carbocycles. The zero-order valence-electron chi connectivity index (χ0n) is 30.9. The van der Waals surface area contributed by atoms with Crippen LogP contribution in [0.5, 0.6) is 11.5 Å². The Labute approximate surface area is 313 Å². The number of methoxy groups -OCH3 is 2. The molecule has 1 atom stereocenters. The molecule has 1 spiro atoms. The molecule has 12 nitrogen and oxygen atoms in total. The monoisotopic (exact) mass is 692 g/mol. The van der Waals surface area contributed by atoms with Crippen molar-refractivity contribution in [2.75, 3.05) is 59.4 Å². The summed E-state index contributed by atoms with van der Waals surface area (Å²) < 4.78 is 13.4. The van der Waals surface area contributed by atoms with Crippen LogP contribution in [0.25, 0.3) is 21.9 Å². The number of anilines is 1. The molecule has 1 unspecified atom stereocenters. The van der Waals surface area contributed by atoms with Gasteiger partial charge in [-0.05, 0) is 54.9 Å². The van der Waals surface area contributed by atoms with E-state index < -0.39 is 0 Å². The summed E-state index contributed by atoms with van der Waals surface area (Å²) >= 11 is 0. The molecule has 0 radical (unpaired) electrons. The van der Waals surface area contributed by atoms with Gasteiger partial charge in [-0.3, -0.25) is 30.9 Å². The smallest absolute Gasteiger partial charge is 0.541 e. The summed E-state index contributed by atoms with van der Waals surface area (Å²) in [7, 11) is 9.02. The molecule has 270 valence electrons. The molecule has 13 heteroatoms. The van der Waals surface area contributed by atoms with E-state index in [2.05, 4.69) is 33.9 Å². The molecule has 1 N–H and O–H groups in total. The van der Waals surface area contributed by atoms with Gasteiger partial charge in [0, 0.05) is 76.6 Å². The van der Waals surface area contributed by atoms with Gasteiger partial charge in [0.1, 0.15) is 17.3 Å². The van der Waals surface area contributed by atoms with E-state index in [0.717, 1.165) is 71.9 Å². The second kappa shape index (κ2) is 17.2. The van der Waals surface area contributed by atoms with Crippen molar-refractivity contribution in [2.45, 2.75) is 51.1 Å². The predicted octanol–water partition coefficient (Wildman–Crippen LogP) is 0.551. The summed E-state index contributed by atoms with van der Waals surface area (Å²) in [6, 6.07) is 6.48. The van der Waals surface area contributed by atoms with Gasteiger partial charge in [-0.15, -0.1) is 13.1 Å². The number of fused-ring (bicyclic) bond motifs is 1. The van der Waals surface area contributed by atoms with Crippen LogP contribution >= 0.6 is 0 Å². The van der Waals surface area contributed by atoms with Crippen LogP contribution in [0.1, 0.15) is 44.1 Å². The minimum absolute atomic E-state index is 0. The van der Waals surface area contributed by atoms with Gasteiger partial charge in [-0.25, -0.2) is 4.98 Å². The fraction of sp³-hybridized carbons (Fsp3) is 0.500. The fourth-order valence-electron chi connectivity index (χ4n) is 7.47. The Morgan fingerprint density at radius 2 is 1.69 bits per heavy atom. The maximum Gasteiger partial charge on any atom is 1.00 e. The van der Waals surface area contributed by atoms with Crippen LogP contribution in [0.2, 0.25) is 0 Å². The molecular formula is C38H49LiN6O6-2. The molecule has 2 aliphatic heterocycles. The number of hydrogen-bond acceptors (Lipinski definition) is 10. The number of benzene rings is 1. The number of amides is 2. The van der Waals surface area contributed by atoms with E-state index in [1.165, 1.54) is 12.8 Å². The normalized spacial score (nSPS) is 18.7. The first kappa shape index (κ1) is 40.1. The van der Waals surface area contributed by atoms with Crippen molar-refractivity contribution < 1.29 is 42.7 Å². The number of ether oxygens (including phenoxy) is 2. The van der Waals surface area contributed by atoms with Gasteiger partial charge in [0.05, 0.1) is 25.2 Å². The summed E-state index contributed by atoms with van der Waals surface area (Å²) in [6.45, 7) is 11.4. The quantitative estimate of drug-likeness (QED) is 0.183. The fourth-order valence-corrected chi connectivity index (χ4v) is 7.47. The maximum absolute atomic E-state index is 12.9. The van der Waals surface area contributed by atoms with Gasteiger partial charge >= 0.3 is 18.9 Å². The van der Waals surface area contributed by atoms with E-state index >= 15 is 0 Å². The first-order chi connectivity index (χ1) is 23.9. The van der Waals surface area contributed by atoms with Crippen molar-refractivity contribution in [1.82, 2.24) is 24.7 Å². The largest absolute Gasteiger partial charge is 1.00 e. The van der Waals surface area contributed by atoms with E-state index in [4.69, 9.17) is 9.47 Å². The predicted molar refractivity (Wildman–Crippen MR) is 194 cm³/mol. The van der Waals surface area contributed by atoms with Gasteiger partial charge in [-0.2, -0.15) is 0 Å². The second-order valence-electron chi connectivity index (χ2n) is 13.9. The van der Waals surface area contributed by atoms with Crippen LogP contribution in [-0.2, 0) is 28.0 Å². The number of nitrogens with one attached hydrogen (secondary N) is 1. The molecule has 1 aromatic carbocycles. The van der Waals surface area contributed by atoms with Crippen LogP contribution in [-0.4, -0.2) is 98.0 Å². The van der Waals surface area contributed by atoms with Crippen LogP contribution in [0.15, 0.2) is 35.4 Å². The summed E-state index contributed by atoms with van der Waals surface area (Å²) in [5, 5.41) is 3.60. The van der Waals surface area contributed by atoms with Gasteiger partial charge < -0.3 is 42.5 Å². The average molecular weight is 693 g/mol. The van der Waals surface area contributed by atoms with Gasteiger partial charge in [-0.1, -0.05) is 12.3 Å². The molecule has 0 bridgehead atoms. The maximum atomic E-state index is 12.9. The first-order valence-electron chi connectivity index (χ1n) is 17.1. The standard InChI is InChI=1S/C32H41N5O4.C6H8NO2.Li/c1-7-37(12-13-38)23-8-10-32(11-9-23)20-36(21-32)19-27-28(40-5)14-22(15-29(27)41-6)26-18-35(4)31(39)25-17-33-30(34(2)3)16-24(25)26;1-4-2-3-5(8)7-6(4)9;/h14-18,23H,1,7-12,19-21H2,2-6H3;4H,1-3H2,(H,7,8,9);/q-2;-1;+1. The van der Waals surface area contributed by atoms with E-state index in [0.29, 0.717) is 42.8 Å². The molecule has 3 aromatic rings. The van der Waals surface area contributed by atoms with Gasteiger partial charge in [0.15, 0.2) is 5.91 Å². The number of piperidine rings is 1. The third kappa shape index (κ3) is 8.86. The topological polar surface area (TPSA) is 126 Å². The molecule has 3 aliphatic rings. The molecule has 4 heterocycles. The Balaban J connectivity index is 0.000000509. The summed E-state index contributed by atoms with van der Waals surface area (Å²) in [4.78, 5) is 55.9. The molecule has 2 saturated heterocycles. The van der Waals surface area contributed by atoms with Crippen LogP contribution in [0, 0.1) is 25.2 Å². The number of aromatic nitrogens is 2. The van der Waals surface area contributed by atoms with Crippen molar-refractivity contribution in [3.05, 3.63) is 60.4 Å². The third-order valence-electron chi connectivity index (χ3n) is 10.4. The number of carbonyl (C=O) groups is 2. The van der Waals surface area contributed by atoms with Crippen molar-refractivity contribution >= 4 is 34.7 Å². The molecule has 6 rings (SSSR count). The Bertz CT molecular complexity index is 1750. The zero-order valence-corrected chi connectivity index (χ0v) is 30.9. The second-order valence-corrected chi connectivity index (χ2v) is 13.9. The summed E-state index contributed by atoms with van der Waals surface area (Å²) in [5.41, 5.74) is 3.12. The Morgan fingerprint density at radius 1 is 1.04 bits per heavy atom. The SMILES string of the molecule is [CH2-]C1CCC(=O)NC1=O.[CH2-]CN(C[C-]=O)C1CCC2(CC1)CN(Cc1c(OC)cc(-c3cn(C)c(=O)c4cnc(N(C)C)cc34)cc1OC)C2.[Li+]. The Kier molecular flexibility index (Phi) is 13.5. The number of likely N-dealkylation sites (tertiary alicyclic amines) is 1. The molecule has 3 fully saturated rings. The van der Waals surface area contributed by atoms with E-state index in [-0.39, 0.29) is 42.2 Å². The van der Waals surface area contributed by atoms with Crippen molar-refractivity contribution in [3.63, 3.8) is 0 Å². The number of hydrogen-bond donors (Lipinski definition) is 1. The number of pyridine rings is 2. The molecule has 2 aromatic heterocycles. The Hall–Kier alpha value is -3.69. The first-order valence-corrected chi connectivity index (χ1v) is 17.1. The number of imide groups is 1. The molecule has 2 amide bonds. The van der Waals surface area contributed by atoms with Gasteiger partial charge in [0.2, 0.25) is 5.91 Å². The average Bonchev–Trinajstić information content (AvgIpc) is 3.10. The minimum Gasteiger partial charge on any atom is -0.541 e. The third-order valence-corrected chi connectivity index (χ3v) is 10.4. The number of aryl methyl sites for hydroxylation is 1. The van der Waals surface area contributed by atoms with Crippen LogP contribution < -0.4 is 44.1 Å². The molecule has 1 aliphatic carbocycles. The molecule has 51 heavy (non-hydrogen) atoms.